The zero-order valence-corrected chi connectivity index (χ0v) is 14.5. The van der Waals surface area contributed by atoms with Gasteiger partial charge in [-0.1, -0.05) is 29.3 Å². The molecule has 6 nitrogen and oxygen atoms in total. The second kappa shape index (κ2) is 7.79. The number of benzene rings is 1. The summed E-state index contributed by atoms with van der Waals surface area (Å²) in [6.07, 6.45) is 5.10. The Morgan fingerprint density at radius 2 is 1.96 bits per heavy atom. The first-order valence-corrected chi connectivity index (χ1v) is 8.36. The average molecular weight is 366 g/mol. The number of amides is 1. The molecule has 1 aromatic heterocycles. The minimum atomic E-state index is -0.105. The fraction of sp³-hybridized carbons (Fsp3) is 0.312. The first-order valence-electron chi connectivity index (χ1n) is 7.60. The van der Waals surface area contributed by atoms with Crippen molar-refractivity contribution in [2.24, 2.45) is 0 Å². The number of nitrogens with zero attached hydrogens (tertiary/aromatic N) is 4. The maximum Gasteiger partial charge on any atom is 0.238 e. The van der Waals surface area contributed by atoms with Crippen molar-refractivity contribution in [2.45, 2.75) is 0 Å². The Kier molecular flexibility index (Phi) is 5.50. The topological polar surface area (TPSA) is 61.4 Å². The van der Waals surface area contributed by atoms with Gasteiger partial charge in [0.15, 0.2) is 0 Å². The van der Waals surface area contributed by atoms with E-state index in [2.05, 4.69) is 25.1 Å². The minimum absolute atomic E-state index is 0.105. The van der Waals surface area contributed by atoms with Gasteiger partial charge in [0.25, 0.3) is 0 Å². The predicted molar refractivity (Wildman–Crippen MR) is 95.8 cm³/mol. The van der Waals surface area contributed by atoms with Gasteiger partial charge in [-0.25, -0.2) is 4.98 Å². The molecule has 8 heteroatoms. The summed E-state index contributed by atoms with van der Waals surface area (Å²) in [6.45, 7) is 3.51. The molecule has 24 heavy (non-hydrogen) atoms. The third-order valence-electron chi connectivity index (χ3n) is 3.84. The van der Waals surface area contributed by atoms with Gasteiger partial charge >= 0.3 is 0 Å². The molecule has 2 heterocycles. The Morgan fingerprint density at radius 1 is 1.17 bits per heavy atom. The highest BCUT2D eigenvalue weighted by molar-refractivity contribution is 6.43. The van der Waals surface area contributed by atoms with Crippen molar-refractivity contribution in [3.63, 3.8) is 0 Å². The van der Waals surface area contributed by atoms with Crippen molar-refractivity contribution in [3.05, 3.63) is 46.8 Å². The summed E-state index contributed by atoms with van der Waals surface area (Å²) in [5.41, 5.74) is 0.535. The number of piperazine rings is 1. The van der Waals surface area contributed by atoms with E-state index in [1.54, 1.807) is 36.8 Å². The van der Waals surface area contributed by atoms with Crippen LogP contribution < -0.4 is 10.2 Å². The lowest BCUT2D eigenvalue weighted by atomic mass is 10.3. The molecule has 0 aliphatic carbocycles. The van der Waals surface area contributed by atoms with Gasteiger partial charge in [-0.3, -0.25) is 14.7 Å². The van der Waals surface area contributed by atoms with E-state index in [4.69, 9.17) is 23.2 Å². The molecule has 1 saturated heterocycles. The Balaban J connectivity index is 1.51. The fourth-order valence-corrected chi connectivity index (χ4v) is 2.93. The standard InChI is InChI=1S/C16H17Cl2N5O/c17-12-2-1-3-13(16(12)18)21-15(24)11-22-6-8-23(9-7-22)14-10-19-4-5-20-14/h1-5,10H,6-9,11H2,(H,21,24). The Bertz CT molecular complexity index is 705. The van der Waals surface area contributed by atoms with E-state index >= 15 is 0 Å². The number of aromatic nitrogens is 2. The van der Waals surface area contributed by atoms with Gasteiger partial charge < -0.3 is 10.2 Å². The number of anilines is 2. The summed E-state index contributed by atoms with van der Waals surface area (Å²) in [5, 5.41) is 3.59. The monoisotopic (exact) mass is 365 g/mol. The van der Waals surface area contributed by atoms with E-state index in [0.717, 1.165) is 32.0 Å². The molecule has 2 aromatic rings. The molecule has 0 atom stereocenters. The normalized spacial score (nSPS) is 15.3. The summed E-state index contributed by atoms with van der Waals surface area (Å²) in [4.78, 5) is 24.8. The minimum Gasteiger partial charge on any atom is -0.353 e. The lowest BCUT2D eigenvalue weighted by Crippen LogP contribution is -2.49. The highest BCUT2D eigenvalue weighted by Crippen LogP contribution is 2.29. The van der Waals surface area contributed by atoms with Crippen LogP contribution in [0.1, 0.15) is 0 Å². The van der Waals surface area contributed by atoms with Crippen molar-refractivity contribution < 1.29 is 4.79 Å². The van der Waals surface area contributed by atoms with E-state index in [-0.39, 0.29) is 5.91 Å². The van der Waals surface area contributed by atoms with E-state index in [1.165, 1.54) is 0 Å². The van der Waals surface area contributed by atoms with Gasteiger partial charge in [-0.15, -0.1) is 0 Å². The predicted octanol–water partition coefficient (Wildman–Crippen LogP) is 2.54. The van der Waals surface area contributed by atoms with E-state index < -0.39 is 0 Å². The van der Waals surface area contributed by atoms with Gasteiger partial charge in [0.1, 0.15) is 5.82 Å². The molecule has 0 spiro atoms. The van der Waals surface area contributed by atoms with Crippen molar-refractivity contribution in [2.75, 3.05) is 42.9 Å². The molecule has 126 valence electrons. The number of carbonyl (C=O) groups excluding carboxylic acids is 1. The summed E-state index contributed by atoms with van der Waals surface area (Å²) in [5.74, 6) is 0.763. The zero-order chi connectivity index (χ0) is 16.9. The number of carbonyl (C=O) groups is 1. The molecule has 0 radical (unpaired) electrons. The third-order valence-corrected chi connectivity index (χ3v) is 4.66. The Labute approximate surface area is 150 Å². The van der Waals surface area contributed by atoms with Gasteiger partial charge in [0, 0.05) is 38.6 Å². The van der Waals surface area contributed by atoms with Crippen LogP contribution in [0.5, 0.6) is 0 Å². The van der Waals surface area contributed by atoms with Crippen LogP contribution in [0.15, 0.2) is 36.8 Å². The van der Waals surface area contributed by atoms with E-state index in [1.807, 2.05) is 0 Å². The molecule has 1 aliphatic heterocycles. The maximum absolute atomic E-state index is 12.2. The molecule has 1 fully saturated rings. The first kappa shape index (κ1) is 17.0. The summed E-state index contributed by atoms with van der Waals surface area (Å²) < 4.78 is 0. The molecule has 1 aromatic carbocycles. The van der Waals surface area contributed by atoms with Crippen LogP contribution in [0.2, 0.25) is 10.0 Å². The molecule has 1 aliphatic rings. The lowest BCUT2D eigenvalue weighted by Gasteiger charge is -2.34. The maximum atomic E-state index is 12.2. The molecule has 1 amide bonds. The summed E-state index contributed by atoms with van der Waals surface area (Å²) in [6, 6.07) is 5.17. The largest absolute Gasteiger partial charge is 0.353 e. The second-order valence-corrected chi connectivity index (χ2v) is 6.26. The number of nitrogens with one attached hydrogen (secondary N) is 1. The molecular weight excluding hydrogens is 349 g/mol. The number of rotatable bonds is 4. The molecule has 3 rings (SSSR count). The third kappa shape index (κ3) is 4.14. The summed E-state index contributed by atoms with van der Waals surface area (Å²) in [7, 11) is 0. The van der Waals surface area contributed by atoms with Gasteiger partial charge in [0.2, 0.25) is 5.91 Å². The van der Waals surface area contributed by atoms with Crippen LogP contribution in [0, 0.1) is 0 Å². The van der Waals surface area contributed by atoms with Gasteiger partial charge in [-0.05, 0) is 12.1 Å². The highest BCUT2D eigenvalue weighted by Gasteiger charge is 2.20. The van der Waals surface area contributed by atoms with Crippen molar-refractivity contribution in [1.82, 2.24) is 14.9 Å². The van der Waals surface area contributed by atoms with Crippen molar-refractivity contribution in [3.8, 4) is 0 Å². The van der Waals surface area contributed by atoms with Crippen LogP contribution in [0.4, 0.5) is 11.5 Å². The summed E-state index contributed by atoms with van der Waals surface area (Å²) >= 11 is 12.0. The number of hydrogen-bond acceptors (Lipinski definition) is 5. The fourth-order valence-electron chi connectivity index (χ4n) is 2.58. The highest BCUT2D eigenvalue weighted by atomic mass is 35.5. The quantitative estimate of drug-likeness (QED) is 0.901. The van der Waals surface area contributed by atoms with Gasteiger partial charge in [-0.2, -0.15) is 0 Å². The van der Waals surface area contributed by atoms with Crippen LogP contribution >= 0.6 is 23.2 Å². The number of halogens is 2. The van der Waals surface area contributed by atoms with E-state index in [9.17, 15) is 4.79 Å². The smallest absolute Gasteiger partial charge is 0.238 e. The van der Waals surface area contributed by atoms with Crippen molar-refractivity contribution >= 4 is 40.6 Å². The molecule has 0 unspecified atom stereocenters. The van der Waals surface area contributed by atoms with Gasteiger partial charge in [0.05, 0.1) is 28.5 Å². The molecular formula is C16H17Cl2N5O. The van der Waals surface area contributed by atoms with Crippen LogP contribution in [0.25, 0.3) is 0 Å². The van der Waals surface area contributed by atoms with Crippen LogP contribution in [-0.2, 0) is 4.79 Å². The van der Waals surface area contributed by atoms with Crippen LogP contribution in [0.3, 0.4) is 0 Å². The first-order chi connectivity index (χ1) is 11.6. The Hall–Kier alpha value is -1.89. The molecule has 1 N–H and O–H groups in total. The average Bonchev–Trinajstić information content (AvgIpc) is 2.60. The lowest BCUT2D eigenvalue weighted by molar-refractivity contribution is -0.117. The van der Waals surface area contributed by atoms with E-state index in [0.29, 0.717) is 22.3 Å². The van der Waals surface area contributed by atoms with Crippen molar-refractivity contribution in [1.29, 1.82) is 0 Å². The Morgan fingerprint density at radius 3 is 2.67 bits per heavy atom. The molecule has 0 bridgehead atoms. The molecule has 0 saturated carbocycles. The number of hydrogen-bond donors (Lipinski definition) is 1. The second-order valence-electron chi connectivity index (χ2n) is 5.48. The van der Waals surface area contributed by atoms with Crippen LogP contribution in [-0.4, -0.2) is 53.5 Å². The SMILES string of the molecule is O=C(CN1CCN(c2cnccn2)CC1)Nc1cccc(Cl)c1Cl. The zero-order valence-electron chi connectivity index (χ0n) is 13.0.